The van der Waals surface area contributed by atoms with Crippen LogP contribution in [0.15, 0.2) is 48.5 Å². The number of hydrogen-bond acceptors (Lipinski definition) is 1. The summed E-state index contributed by atoms with van der Waals surface area (Å²) in [4.78, 5) is 0. The van der Waals surface area contributed by atoms with Gasteiger partial charge in [-0.1, -0.05) is 61.0 Å². The van der Waals surface area contributed by atoms with Gasteiger partial charge in [-0.2, -0.15) is 0 Å². The third-order valence-electron chi connectivity index (χ3n) is 3.83. The van der Waals surface area contributed by atoms with Gasteiger partial charge in [0.05, 0.1) is 0 Å². The van der Waals surface area contributed by atoms with Crippen LogP contribution in [-0.2, 0) is 12.8 Å². The van der Waals surface area contributed by atoms with Crippen LogP contribution in [-0.4, -0.2) is 6.54 Å². The lowest BCUT2D eigenvalue weighted by Crippen LogP contribution is -2.21. The van der Waals surface area contributed by atoms with E-state index in [1.54, 1.807) is 0 Å². The van der Waals surface area contributed by atoms with Crippen molar-refractivity contribution in [3.63, 3.8) is 0 Å². The molecule has 1 unspecified atom stereocenters. The topological polar surface area (TPSA) is 12.0 Å². The maximum Gasteiger partial charge on any atom is 0.0291 e. The Bertz CT molecular complexity index is 528. The third-order valence-corrected chi connectivity index (χ3v) is 3.83. The molecule has 0 aliphatic heterocycles. The molecule has 1 nitrogen and oxygen atoms in total. The minimum absolute atomic E-state index is 0.408. The molecule has 2 aromatic carbocycles. The minimum atomic E-state index is 0.408. The summed E-state index contributed by atoms with van der Waals surface area (Å²) in [6, 6.07) is 18.1. The molecule has 20 heavy (non-hydrogen) atoms. The third kappa shape index (κ3) is 4.21. The summed E-state index contributed by atoms with van der Waals surface area (Å²) in [5.74, 6) is 0. The van der Waals surface area contributed by atoms with Crippen molar-refractivity contribution in [3.8, 4) is 0 Å². The van der Waals surface area contributed by atoms with E-state index in [2.05, 4.69) is 74.6 Å². The zero-order valence-electron chi connectivity index (χ0n) is 12.8. The van der Waals surface area contributed by atoms with E-state index in [0.29, 0.717) is 6.04 Å². The summed E-state index contributed by atoms with van der Waals surface area (Å²) < 4.78 is 0. The van der Waals surface area contributed by atoms with Crippen molar-refractivity contribution >= 4 is 0 Å². The summed E-state index contributed by atoms with van der Waals surface area (Å²) in [7, 11) is 0. The normalized spacial score (nSPS) is 12.3. The molecule has 0 saturated heterocycles. The fourth-order valence-electron chi connectivity index (χ4n) is 2.46. The van der Waals surface area contributed by atoms with Crippen LogP contribution in [0.3, 0.4) is 0 Å². The molecule has 2 aromatic rings. The molecule has 0 aliphatic carbocycles. The molecule has 0 spiro atoms. The van der Waals surface area contributed by atoms with E-state index in [0.717, 1.165) is 19.4 Å². The Hall–Kier alpha value is -1.60. The van der Waals surface area contributed by atoms with Gasteiger partial charge < -0.3 is 5.32 Å². The standard InChI is InChI=1S/C19H25N/c1-4-17-8-10-19(11-9-17)16(3)20-13-12-18-7-5-6-15(2)14-18/h5-11,14,16,20H,4,12-13H2,1-3H3. The number of benzene rings is 2. The highest BCUT2D eigenvalue weighted by Crippen LogP contribution is 2.14. The van der Waals surface area contributed by atoms with E-state index in [1.165, 1.54) is 22.3 Å². The van der Waals surface area contributed by atoms with E-state index in [9.17, 15) is 0 Å². The second-order valence-electron chi connectivity index (χ2n) is 5.51. The van der Waals surface area contributed by atoms with E-state index < -0.39 is 0 Å². The highest BCUT2D eigenvalue weighted by atomic mass is 14.9. The predicted molar refractivity (Wildman–Crippen MR) is 87.1 cm³/mol. The van der Waals surface area contributed by atoms with Gasteiger partial charge in [-0.05, 0) is 49.9 Å². The van der Waals surface area contributed by atoms with Crippen LogP contribution >= 0.6 is 0 Å². The second-order valence-corrected chi connectivity index (χ2v) is 5.51. The fourth-order valence-corrected chi connectivity index (χ4v) is 2.46. The fraction of sp³-hybridized carbons (Fsp3) is 0.368. The van der Waals surface area contributed by atoms with E-state index in [1.807, 2.05) is 0 Å². The average Bonchev–Trinajstić information content (AvgIpc) is 2.47. The van der Waals surface area contributed by atoms with Crippen LogP contribution in [0.25, 0.3) is 0 Å². The zero-order valence-corrected chi connectivity index (χ0v) is 12.8. The molecule has 0 heterocycles. The van der Waals surface area contributed by atoms with Crippen molar-refractivity contribution in [2.45, 2.75) is 39.7 Å². The first-order valence-electron chi connectivity index (χ1n) is 7.57. The first-order valence-corrected chi connectivity index (χ1v) is 7.57. The molecule has 0 fully saturated rings. The number of aryl methyl sites for hydroxylation is 2. The van der Waals surface area contributed by atoms with Gasteiger partial charge in [-0.15, -0.1) is 0 Å². The summed E-state index contributed by atoms with van der Waals surface area (Å²) in [6.07, 6.45) is 2.19. The van der Waals surface area contributed by atoms with Crippen LogP contribution in [0, 0.1) is 6.92 Å². The van der Waals surface area contributed by atoms with E-state index in [4.69, 9.17) is 0 Å². The molecule has 0 radical (unpaired) electrons. The van der Waals surface area contributed by atoms with Gasteiger partial charge in [0.25, 0.3) is 0 Å². The molecular formula is C19H25N. The van der Waals surface area contributed by atoms with Crippen molar-refractivity contribution in [2.75, 3.05) is 6.54 Å². The van der Waals surface area contributed by atoms with Crippen molar-refractivity contribution in [1.29, 1.82) is 0 Å². The van der Waals surface area contributed by atoms with E-state index in [-0.39, 0.29) is 0 Å². The quantitative estimate of drug-likeness (QED) is 0.815. The van der Waals surface area contributed by atoms with E-state index >= 15 is 0 Å². The van der Waals surface area contributed by atoms with Crippen LogP contribution in [0.2, 0.25) is 0 Å². The smallest absolute Gasteiger partial charge is 0.0291 e. The minimum Gasteiger partial charge on any atom is -0.310 e. The van der Waals surface area contributed by atoms with Gasteiger partial charge in [0, 0.05) is 6.04 Å². The number of nitrogens with one attached hydrogen (secondary N) is 1. The molecule has 0 amide bonds. The van der Waals surface area contributed by atoms with Crippen molar-refractivity contribution in [1.82, 2.24) is 5.32 Å². The van der Waals surface area contributed by atoms with Crippen LogP contribution < -0.4 is 5.32 Å². The molecule has 2 rings (SSSR count). The summed E-state index contributed by atoms with van der Waals surface area (Å²) in [6.45, 7) is 7.59. The zero-order chi connectivity index (χ0) is 14.4. The average molecular weight is 267 g/mol. The SMILES string of the molecule is CCc1ccc(C(C)NCCc2cccc(C)c2)cc1. The van der Waals surface area contributed by atoms with Crippen LogP contribution in [0.1, 0.15) is 42.1 Å². The first kappa shape index (κ1) is 14.8. The largest absolute Gasteiger partial charge is 0.310 e. The molecule has 106 valence electrons. The number of rotatable bonds is 6. The molecule has 0 aliphatic rings. The predicted octanol–water partition coefficient (Wildman–Crippen LogP) is 4.45. The highest BCUT2D eigenvalue weighted by Gasteiger charge is 2.04. The van der Waals surface area contributed by atoms with Gasteiger partial charge in [0.15, 0.2) is 0 Å². The van der Waals surface area contributed by atoms with Gasteiger partial charge in [0.1, 0.15) is 0 Å². The maximum absolute atomic E-state index is 3.60. The number of hydrogen-bond donors (Lipinski definition) is 1. The van der Waals surface area contributed by atoms with Crippen molar-refractivity contribution < 1.29 is 0 Å². The molecule has 0 saturated carbocycles. The Balaban J connectivity index is 1.83. The summed E-state index contributed by atoms with van der Waals surface area (Å²) in [5, 5.41) is 3.60. The first-order chi connectivity index (χ1) is 9.69. The monoisotopic (exact) mass is 267 g/mol. The lowest BCUT2D eigenvalue weighted by atomic mass is 10.0. The molecule has 0 aromatic heterocycles. The molecule has 1 heteroatoms. The highest BCUT2D eigenvalue weighted by molar-refractivity contribution is 5.25. The van der Waals surface area contributed by atoms with Gasteiger partial charge >= 0.3 is 0 Å². The Morgan fingerprint density at radius 1 is 1.00 bits per heavy atom. The van der Waals surface area contributed by atoms with Gasteiger partial charge in [-0.25, -0.2) is 0 Å². The Morgan fingerprint density at radius 2 is 1.75 bits per heavy atom. The van der Waals surface area contributed by atoms with Gasteiger partial charge in [-0.3, -0.25) is 0 Å². The molecule has 1 atom stereocenters. The summed E-state index contributed by atoms with van der Waals surface area (Å²) in [5.41, 5.74) is 5.52. The Labute approximate surface area is 123 Å². The van der Waals surface area contributed by atoms with Gasteiger partial charge in [0.2, 0.25) is 0 Å². The van der Waals surface area contributed by atoms with Crippen molar-refractivity contribution in [3.05, 3.63) is 70.8 Å². The molecule has 0 bridgehead atoms. The molecule has 1 N–H and O–H groups in total. The van der Waals surface area contributed by atoms with Crippen LogP contribution in [0.4, 0.5) is 0 Å². The maximum atomic E-state index is 3.60. The summed E-state index contributed by atoms with van der Waals surface area (Å²) >= 11 is 0. The van der Waals surface area contributed by atoms with Crippen LogP contribution in [0.5, 0.6) is 0 Å². The Morgan fingerprint density at radius 3 is 2.40 bits per heavy atom. The molecular weight excluding hydrogens is 242 g/mol. The second kappa shape index (κ2) is 7.25. The lowest BCUT2D eigenvalue weighted by Gasteiger charge is -2.15. The Kier molecular flexibility index (Phi) is 5.37. The lowest BCUT2D eigenvalue weighted by molar-refractivity contribution is 0.576. The van der Waals surface area contributed by atoms with Crippen molar-refractivity contribution in [2.24, 2.45) is 0 Å².